The van der Waals surface area contributed by atoms with Crippen molar-refractivity contribution in [3.63, 3.8) is 0 Å². The van der Waals surface area contributed by atoms with Gasteiger partial charge in [0, 0.05) is 38.3 Å². The zero-order valence-electron chi connectivity index (χ0n) is 18.0. The fourth-order valence-electron chi connectivity index (χ4n) is 4.41. The molecular weight excluding hydrogens is 364 g/mol. The first-order valence-electron chi connectivity index (χ1n) is 11.1. The lowest BCUT2D eigenvalue weighted by atomic mass is 9.99. The number of hydrogen-bond donors (Lipinski definition) is 1. The van der Waals surface area contributed by atoms with Gasteiger partial charge in [-0.05, 0) is 69.8 Å². The maximum absolute atomic E-state index is 13.1. The van der Waals surface area contributed by atoms with Gasteiger partial charge in [0.25, 0.3) is 0 Å². The van der Waals surface area contributed by atoms with Gasteiger partial charge in [-0.15, -0.1) is 0 Å². The molecule has 160 valence electrons. The normalized spacial score (nSPS) is 19.2. The van der Waals surface area contributed by atoms with Gasteiger partial charge in [-0.1, -0.05) is 25.1 Å². The minimum absolute atomic E-state index is 0.0234. The predicted octanol–water partition coefficient (Wildman–Crippen LogP) is 3.65. The van der Waals surface area contributed by atoms with Crippen molar-refractivity contribution >= 4 is 17.6 Å². The summed E-state index contributed by atoms with van der Waals surface area (Å²) in [6.07, 6.45) is 5.25. The summed E-state index contributed by atoms with van der Waals surface area (Å²) >= 11 is 0. The van der Waals surface area contributed by atoms with E-state index in [0.29, 0.717) is 0 Å². The van der Waals surface area contributed by atoms with Crippen LogP contribution in [0.25, 0.3) is 0 Å². The summed E-state index contributed by atoms with van der Waals surface area (Å²) in [5, 5.41) is 3.06. The third-order valence-corrected chi connectivity index (χ3v) is 6.39. The maximum atomic E-state index is 13.1. The fourth-order valence-corrected chi connectivity index (χ4v) is 4.41. The van der Waals surface area contributed by atoms with Crippen LogP contribution in [0.15, 0.2) is 30.3 Å². The van der Waals surface area contributed by atoms with Crippen LogP contribution in [-0.2, 0) is 4.79 Å². The van der Waals surface area contributed by atoms with Crippen molar-refractivity contribution in [1.29, 1.82) is 0 Å². The van der Waals surface area contributed by atoms with E-state index in [1.54, 1.807) is 6.92 Å². The highest BCUT2D eigenvalue weighted by molar-refractivity contribution is 5.89. The van der Waals surface area contributed by atoms with Gasteiger partial charge in [0.05, 0.1) is 0 Å². The van der Waals surface area contributed by atoms with Gasteiger partial charge in [-0.2, -0.15) is 0 Å². The molecule has 1 aromatic rings. The van der Waals surface area contributed by atoms with Crippen LogP contribution in [0.2, 0.25) is 0 Å². The standard InChI is InChI=1S/C23H36N4O2/c1-19-9-15-25(16-10-19)13-6-14-27(22-11-17-26(18-12-22)20(2)28)23(29)24-21-7-4-3-5-8-21/h3-5,7-8,19,22H,6,9-18H2,1-2H3,(H,24,29). The molecule has 6 nitrogen and oxygen atoms in total. The van der Waals surface area contributed by atoms with E-state index in [-0.39, 0.29) is 18.0 Å². The zero-order chi connectivity index (χ0) is 20.6. The highest BCUT2D eigenvalue weighted by Crippen LogP contribution is 2.20. The second kappa shape index (κ2) is 10.6. The molecule has 0 atom stereocenters. The molecule has 2 saturated heterocycles. The second-order valence-corrected chi connectivity index (χ2v) is 8.60. The molecule has 0 saturated carbocycles. The van der Waals surface area contributed by atoms with Gasteiger partial charge >= 0.3 is 6.03 Å². The first-order valence-corrected chi connectivity index (χ1v) is 11.1. The minimum Gasteiger partial charge on any atom is -0.343 e. The quantitative estimate of drug-likeness (QED) is 0.793. The number of carbonyl (C=O) groups is 2. The summed E-state index contributed by atoms with van der Waals surface area (Å²) in [5.74, 6) is 0.967. The Hall–Kier alpha value is -2.08. The molecule has 0 spiro atoms. The lowest BCUT2D eigenvalue weighted by Gasteiger charge is -2.39. The molecule has 2 heterocycles. The summed E-state index contributed by atoms with van der Waals surface area (Å²) in [7, 11) is 0. The Balaban J connectivity index is 1.56. The zero-order valence-corrected chi connectivity index (χ0v) is 18.0. The van der Waals surface area contributed by atoms with E-state index >= 15 is 0 Å². The molecule has 3 rings (SSSR count). The highest BCUT2D eigenvalue weighted by Gasteiger charge is 2.29. The topological polar surface area (TPSA) is 55.9 Å². The van der Waals surface area contributed by atoms with Crippen molar-refractivity contribution in [3.05, 3.63) is 30.3 Å². The molecule has 2 fully saturated rings. The Labute approximate surface area is 175 Å². The number of piperidine rings is 2. The Bertz CT molecular complexity index is 650. The van der Waals surface area contributed by atoms with Crippen molar-refractivity contribution in [3.8, 4) is 0 Å². The molecule has 0 unspecified atom stereocenters. The van der Waals surface area contributed by atoms with Crippen molar-refractivity contribution < 1.29 is 9.59 Å². The van der Waals surface area contributed by atoms with Crippen LogP contribution >= 0.6 is 0 Å². The fraction of sp³-hybridized carbons (Fsp3) is 0.652. The van der Waals surface area contributed by atoms with Gasteiger partial charge in [-0.25, -0.2) is 4.79 Å². The number of amides is 3. The molecule has 6 heteroatoms. The molecule has 1 N–H and O–H groups in total. The van der Waals surface area contributed by atoms with Gasteiger partial charge in [0.2, 0.25) is 5.91 Å². The number of nitrogens with one attached hydrogen (secondary N) is 1. The van der Waals surface area contributed by atoms with Crippen LogP contribution in [0.5, 0.6) is 0 Å². The van der Waals surface area contributed by atoms with E-state index in [4.69, 9.17) is 0 Å². The number of nitrogens with zero attached hydrogens (tertiary/aromatic N) is 3. The minimum atomic E-state index is -0.0234. The molecule has 2 aliphatic heterocycles. The predicted molar refractivity (Wildman–Crippen MR) is 117 cm³/mol. The maximum Gasteiger partial charge on any atom is 0.322 e. The average Bonchev–Trinajstić information content (AvgIpc) is 2.73. The van der Waals surface area contributed by atoms with E-state index in [2.05, 4.69) is 17.1 Å². The molecule has 0 aromatic heterocycles. The van der Waals surface area contributed by atoms with Crippen molar-refractivity contribution in [2.45, 2.75) is 52.0 Å². The SMILES string of the molecule is CC(=O)N1CCC(N(CCCN2CCC(C)CC2)C(=O)Nc2ccccc2)CC1. The number of urea groups is 1. The molecule has 2 aliphatic rings. The third-order valence-electron chi connectivity index (χ3n) is 6.39. The van der Waals surface area contributed by atoms with Crippen LogP contribution < -0.4 is 5.32 Å². The highest BCUT2D eigenvalue weighted by atomic mass is 16.2. The number of para-hydroxylation sites is 1. The van der Waals surface area contributed by atoms with Gasteiger partial charge < -0.3 is 20.0 Å². The smallest absolute Gasteiger partial charge is 0.322 e. The van der Waals surface area contributed by atoms with Crippen molar-refractivity contribution in [1.82, 2.24) is 14.7 Å². The second-order valence-electron chi connectivity index (χ2n) is 8.60. The molecule has 3 amide bonds. The Morgan fingerprint density at radius 3 is 2.31 bits per heavy atom. The summed E-state index contributed by atoms with van der Waals surface area (Å²) in [6, 6.07) is 9.82. The lowest BCUT2D eigenvalue weighted by Crippen LogP contribution is -2.50. The molecule has 29 heavy (non-hydrogen) atoms. The van der Waals surface area contributed by atoms with E-state index in [1.165, 1.54) is 25.9 Å². The molecule has 1 aromatic carbocycles. The number of rotatable bonds is 6. The monoisotopic (exact) mass is 400 g/mol. The number of anilines is 1. The summed E-state index contributed by atoms with van der Waals surface area (Å²) < 4.78 is 0. The van der Waals surface area contributed by atoms with E-state index in [0.717, 1.165) is 57.0 Å². The first kappa shape index (κ1) is 21.6. The van der Waals surface area contributed by atoms with Crippen LogP contribution in [0, 0.1) is 5.92 Å². The third kappa shape index (κ3) is 6.46. The van der Waals surface area contributed by atoms with Gasteiger partial charge in [0.15, 0.2) is 0 Å². The summed E-state index contributed by atoms with van der Waals surface area (Å²) in [4.78, 5) is 31.2. The van der Waals surface area contributed by atoms with Crippen molar-refractivity contribution in [2.24, 2.45) is 5.92 Å². The number of hydrogen-bond acceptors (Lipinski definition) is 3. The van der Waals surface area contributed by atoms with Crippen molar-refractivity contribution in [2.75, 3.05) is 44.6 Å². The largest absolute Gasteiger partial charge is 0.343 e. The summed E-state index contributed by atoms with van der Waals surface area (Å²) in [6.45, 7) is 9.59. The number of likely N-dealkylation sites (tertiary alicyclic amines) is 2. The van der Waals surface area contributed by atoms with Crippen LogP contribution in [-0.4, -0.2) is 71.9 Å². The van der Waals surface area contributed by atoms with Crippen LogP contribution in [0.4, 0.5) is 10.5 Å². The van der Waals surface area contributed by atoms with E-state index in [1.807, 2.05) is 40.1 Å². The van der Waals surface area contributed by atoms with E-state index < -0.39 is 0 Å². The van der Waals surface area contributed by atoms with Crippen LogP contribution in [0.1, 0.15) is 46.0 Å². The molecule has 0 aliphatic carbocycles. The number of benzene rings is 1. The van der Waals surface area contributed by atoms with Gasteiger partial charge in [0.1, 0.15) is 0 Å². The Morgan fingerprint density at radius 2 is 1.69 bits per heavy atom. The number of carbonyl (C=O) groups excluding carboxylic acids is 2. The Morgan fingerprint density at radius 1 is 1.03 bits per heavy atom. The molecule has 0 radical (unpaired) electrons. The Kier molecular flexibility index (Phi) is 7.92. The molecular formula is C23H36N4O2. The first-order chi connectivity index (χ1) is 14.0. The van der Waals surface area contributed by atoms with Crippen LogP contribution in [0.3, 0.4) is 0 Å². The lowest BCUT2D eigenvalue weighted by molar-refractivity contribution is -0.130. The van der Waals surface area contributed by atoms with E-state index in [9.17, 15) is 9.59 Å². The average molecular weight is 401 g/mol. The molecule has 0 bridgehead atoms. The summed E-state index contributed by atoms with van der Waals surface area (Å²) in [5.41, 5.74) is 0.827. The van der Waals surface area contributed by atoms with Gasteiger partial charge in [-0.3, -0.25) is 4.79 Å².